The molecule has 90 valence electrons. The van der Waals surface area contributed by atoms with Crippen molar-refractivity contribution >= 4 is 10.1 Å². The second-order valence-corrected chi connectivity index (χ2v) is 5.91. The van der Waals surface area contributed by atoms with Gasteiger partial charge in [0.05, 0.1) is 12.4 Å². The second kappa shape index (κ2) is 4.22. The Morgan fingerprint density at radius 1 is 1.38 bits per heavy atom. The normalized spacial score (nSPS) is 21.5. The van der Waals surface area contributed by atoms with Crippen LogP contribution in [0.5, 0.6) is 0 Å². The summed E-state index contributed by atoms with van der Waals surface area (Å²) in [5.41, 5.74) is 1.19. The Bertz CT molecular complexity index is 447. The van der Waals surface area contributed by atoms with Gasteiger partial charge in [-0.1, -0.05) is 0 Å². The quantitative estimate of drug-likeness (QED) is 0.588. The summed E-state index contributed by atoms with van der Waals surface area (Å²) in [4.78, 5) is 0. The highest BCUT2D eigenvalue weighted by molar-refractivity contribution is 7.86. The van der Waals surface area contributed by atoms with Gasteiger partial charge in [0.15, 0.2) is 0 Å². The van der Waals surface area contributed by atoms with Crippen LogP contribution in [-0.4, -0.2) is 20.8 Å². The number of fused-ring (bicyclic) bond motifs is 1. The summed E-state index contributed by atoms with van der Waals surface area (Å²) in [5, 5.41) is 0. The number of rotatable bonds is 2. The Morgan fingerprint density at radius 2 is 2.06 bits per heavy atom. The molecular weight excluding hydrogens is 228 g/mol. The molecule has 0 saturated heterocycles. The monoisotopic (exact) mass is 244 g/mol. The summed E-state index contributed by atoms with van der Waals surface area (Å²) in [6.07, 6.45) is 3.90. The number of hydrogen-bond donors (Lipinski definition) is 0. The molecule has 0 spiro atoms. The first-order valence-corrected chi connectivity index (χ1v) is 7.22. The maximum Gasteiger partial charge on any atom is 0.264 e. The molecule has 1 aliphatic rings. The molecule has 1 atom stereocenters. The third-order valence-electron chi connectivity index (χ3n) is 2.76. The van der Waals surface area contributed by atoms with Gasteiger partial charge in [0.1, 0.15) is 11.5 Å². The molecule has 4 nitrogen and oxygen atoms in total. The predicted octanol–water partition coefficient (Wildman–Crippen LogP) is 1.81. The molecule has 0 amide bonds. The molecule has 2 rings (SSSR count). The summed E-state index contributed by atoms with van der Waals surface area (Å²) in [6.45, 7) is 1.93. The van der Waals surface area contributed by atoms with Crippen LogP contribution in [-0.2, 0) is 27.1 Å². The van der Waals surface area contributed by atoms with E-state index in [1.807, 2.05) is 13.0 Å². The van der Waals surface area contributed by atoms with Gasteiger partial charge < -0.3 is 4.42 Å². The lowest BCUT2D eigenvalue weighted by molar-refractivity contribution is 0.192. The van der Waals surface area contributed by atoms with Crippen molar-refractivity contribution in [1.82, 2.24) is 0 Å². The van der Waals surface area contributed by atoms with Gasteiger partial charge in [0, 0.05) is 6.42 Å². The fraction of sp³-hybridized carbons (Fsp3) is 0.636. The molecule has 0 radical (unpaired) electrons. The van der Waals surface area contributed by atoms with Crippen LogP contribution < -0.4 is 0 Å². The van der Waals surface area contributed by atoms with Crippen molar-refractivity contribution < 1.29 is 17.0 Å². The first-order chi connectivity index (χ1) is 7.44. The zero-order valence-corrected chi connectivity index (χ0v) is 10.3. The van der Waals surface area contributed by atoms with Gasteiger partial charge in [0.25, 0.3) is 10.1 Å². The van der Waals surface area contributed by atoms with E-state index >= 15 is 0 Å². The molecule has 1 aliphatic carbocycles. The second-order valence-electron chi connectivity index (χ2n) is 4.31. The highest BCUT2D eigenvalue weighted by Gasteiger charge is 2.22. The van der Waals surface area contributed by atoms with E-state index in [0.29, 0.717) is 6.42 Å². The molecule has 0 aliphatic heterocycles. The third-order valence-corrected chi connectivity index (χ3v) is 3.38. The summed E-state index contributed by atoms with van der Waals surface area (Å²) >= 11 is 0. The number of hydrogen-bond acceptors (Lipinski definition) is 4. The lowest BCUT2D eigenvalue weighted by Crippen LogP contribution is -2.17. The van der Waals surface area contributed by atoms with Crippen LogP contribution in [0.2, 0.25) is 0 Å². The molecule has 0 N–H and O–H groups in total. The van der Waals surface area contributed by atoms with Crippen LogP contribution in [0.4, 0.5) is 0 Å². The highest BCUT2D eigenvalue weighted by Crippen LogP contribution is 2.25. The molecule has 1 unspecified atom stereocenters. The Labute approximate surface area is 95.7 Å². The molecule has 0 aromatic carbocycles. The molecular formula is C11H16O4S. The fourth-order valence-electron chi connectivity index (χ4n) is 2.13. The number of furan rings is 1. The average Bonchev–Trinajstić information content (AvgIpc) is 2.40. The largest absolute Gasteiger partial charge is 0.466 e. The zero-order valence-electron chi connectivity index (χ0n) is 9.52. The molecule has 5 heteroatoms. The summed E-state index contributed by atoms with van der Waals surface area (Å²) in [7, 11) is -3.35. The van der Waals surface area contributed by atoms with E-state index in [-0.39, 0.29) is 6.10 Å². The molecule has 0 saturated carbocycles. The third kappa shape index (κ3) is 2.86. The van der Waals surface area contributed by atoms with Gasteiger partial charge in [-0.2, -0.15) is 8.42 Å². The van der Waals surface area contributed by atoms with E-state index in [9.17, 15) is 8.42 Å². The smallest absolute Gasteiger partial charge is 0.264 e. The number of aryl methyl sites for hydroxylation is 3. The molecule has 1 aromatic heterocycles. The Balaban J connectivity index is 2.05. The van der Waals surface area contributed by atoms with E-state index in [2.05, 4.69) is 0 Å². The standard InChI is InChI=1S/C11H16O4S/c1-8-7-9-3-4-10(15-16(2,12)13)5-6-11(9)14-8/h7,10H,3-6H2,1-2H3. The van der Waals surface area contributed by atoms with Crippen LogP contribution in [0.25, 0.3) is 0 Å². The van der Waals surface area contributed by atoms with Crippen molar-refractivity contribution in [3.63, 3.8) is 0 Å². The molecule has 0 bridgehead atoms. The first kappa shape index (κ1) is 11.7. The van der Waals surface area contributed by atoms with Crippen molar-refractivity contribution in [1.29, 1.82) is 0 Å². The Hall–Kier alpha value is -0.810. The maximum absolute atomic E-state index is 11.0. The van der Waals surface area contributed by atoms with E-state index in [0.717, 1.165) is 37.0 Å². The lowest BCUT2D eigenvalue weighted by Gasteiger charge is -2.12. The van der Waals surface area contributed by atoms with Gasteiger partial charge in [-0.3, -0.25) is 4.18 Å². The SMILES string of the molecule is Cc1cc2c(o1)CCC(OS(C)(=O)=O)CC2. The predicted molar refractivity (Wildman–Crippen MR) is 59.8 cm³/mol. The fourth-order valence-corrected chi connectivity index (χ4v) is 2.82. The van der Waals surface area contributed by atoms with Gasteiger partial charge in [-0.25, -0.2) is 0 Å². The van der Waals surface area contributed by atoms with E-state index in [4.69, 9.17) is 8.60 Å². The summed E-state index contributed by atoms with van der Waals surface area (Å²) in [6, 6.07) is 2.03. The van der Waals surface area contributed by atoms with Crippen molar-refractivity contribution in [2.75, 3.05) is 6.26 Å². The van der Waals surface area contributed by atoms with Crippen molar-refractivity contribution in [3.8, 4) is 0 Å². The Kier molecular flexibility index (Phi) is 3.08. The van der Waals surface area contributed by atoms with E-state index in [1.165, 1.54) is 5.56 Å². The molecule has 1 aromatic rings. The maximum atomic E-state index is 11.0. The Morgan fingerprint density at radius 3 is 2.75 bits per heavy atom. The van der Waals surface area contributed by atoms with Crippen LogP contribution in [0, 0.1) is 6.92 Å². The lowest BCUT2D eigenvalue weighted by atomic mass is 10.1. The summed E-state index contributed by atoms with van der Waals surface area (Å²) < 4.78 is 32.6. The van der Waals surface area contributed by atoms with Gasteiger partial charge >= 0.3 is 0 Å². The zero-order chi connectivity index (χ0) is 11.8. The highest BCUT2D eigenvalue weighted by atomic mass is 32.2. The van der Waals surface area contributed by atoms with Crippen LogP contribution in [0.15, 0.2) is 10.5 Å². The summed E-state index contributed by atoms with van der Waals surface area (Å²) in [5.74, 6) is 1.91. The molecule has 0 fully saturated rings. The molecule has 16 heavy (non-hydrogen) atoms. The minimum Gasteiger partial charge on any atom is -0.466 e. The van der Waals surface area contributed by atoms with E-state index < -0.39 is 10.1 Å². The first-order valence-electron chi connectivity index (χ1n) is 5.40. The van der Waals surface area contributed by atoms with Crippen molar-refractivity contribution in [2.24, 2.45) is 0 Å². The minimum atomic E-state index is -3.35. The van der Waals surface area contributed by atoms with Crippen molar-refractivity contribution in [2.45, 2.75) is 38.7 Å². The minimum absolute atomic E-state index is 0.210. The molecule has 1 heterocycles. The van der Waals surface area contributed by atoms with E-state index in [1.54, 1.807) is 0 Å². The van der Waals surface area contributed by atoms with Crippen LogP contribution >= 0.6 is 0 Å². The van der Waals surface area contributed by atoms with Crippen molar-refractivity contribution in [3.05, 3.63) is 23.2 Å². The van der Waals surface area contributed by atoms with Gasteiger partial charge in [-0.15, -0.1) is 0 Å². The average molecular weight is 244 g/mol. The van der Waals surface area contributed by atoms with Gasteiger partial charge in [0.2, 0.25) is 0 Å². The topological polar surface area (TPSA) is 56.5 Å². The van der Waals surface area contributed by atoms with Gasteiger partial charge in [-0.05, 0) is 37.8 Å². The van der Waals surface area contributed by atoms with Crippen LogP contribution in [0.1, 0.15) is 29.9 Å². The van der Waals surface area contributed by atoms with Crippen LogP contribution in [0.3, 0.4) is 0 Å².